The zero-order valence-electron chi connectivity index (χ0n) is 15.6. The number of amides is 1. The minimum Gasteiger partial charge on any atom is -0.339 e. The van der Waals surface area contributed by atoms with Crippen LogP contribution in [0.5, 0.6) is 0 Å². The van der Waals surface area contributed by atoms with E-state index in [1.54, 1.807) is 18.0 Å². The Hall–Kier alpha value is -1.11. The molecule has 0 spiro atoms. The number of hydrogen-bond donors (Lipinski definition) is 0. The molecule has 1 heterocycles. The van der Waals surface area contributed by atoms with Crippen molar-refractivity contribution in [1.82, 2.24) is 9.21 Å². The lowest BCUT2D eigenvalue weighted by Crippen LogP contribution is -2.39. The lowest BCUT2D eigenvalue weighted by atomic mass is 10.0. The largest absolute Gasteiger partial charge is 0.339 e. The quantitative estimate of drug-likeness (QED) is 0.760. The van der Waals surface area contributed by atoms with Crippen molar-refractivity contribution in [2.24, 2.45) is 11.8 Å². The summed E-state index contributed by atoms with van der Waals surface area (Å²) >= 11 is 6.21. The highest BCUT2D eigenvalue weighted by Crippen LogP contribution is 2.35. The average Bonchev–Trinajstić information content (AvgIpc) is 3.45. The van der Waals surface area contributed by atoms with Crippen LogP contribution >= 0.6 is 11.6 Å². The van der Waals surface area contributed by atoms with Crippen LogP contribution in [0.15, 0.2) is 23.1 Å². The topological polar surface area (TPSA) is 57.7 Å². The van der Waals surface area contributed by atoms with Crippen molar-refractivity contribution in [2.45, 2.75) is 50.5 Å². The zero-order chi connectivity index (χ0) is 19.1. The van der Waals surface area contributed by atoms with E-state index >= 15 is 0 Å². The van der Waals surface area contributed by atoms with E-state index in [9.17, 15) is 13.2 Å². The predicted octanol–water partition coefficient (Wildman–Crippen LogP) is 3.63. The lowest BCUT2D eigenvalue weighted by Gasteiger charge is -2.30. The molecule has 0 bridgehead atoms. The Morgan fingerprint density at radius 3 is 2.62 bits per heavy atom. The van der Waals surface area contributed by atoms with Gasteiger partial charge in [-0.2, -0.15) is 4.31 Å². The van der Waals surface area contributed by atoms with Crippen LogP contribution in [-0.4, -0.2) is 49.7 Å². The van der Waals surface area contributed by atoms with Crippen LogP contribution in [0, 0.1) is 11.8 Å². The molecule has 2 unspecified atom stereocenters. The van der Waals surface area contributed by atoms with Gasteiger partial charge in [-0.15, -0.1) is 0 Å². The maximum Gasteiger partial charge on any atom is 0.253 e. The normalized spacial score (nSPS) is 22.8. The van der Waals surface area contributed by atoms with Crippen LogP contribution in [0.3, 0.4) is 0 Å². The van der Waals surface area contributed by atoms with Crippen LogP contribution < -0.4 is 0 Å². The molecule has 2 fully saturated rings. The molecule has 1 saturated heterocycles. The molecule has 0 aromatic heterocycles. The van der Waals surface area contributed by atoms with Crippen molar-refractivity contribution in [3.05, 3.63) is 28.8 Å². The fraction of sp³-hybridized carbons (Fsp3) is 0.632. The van der Waals surface area contributed by atoms with Crippen LogP contribution in [0.1, 0.15) is 49.9 Å². The maximum absolute atomic E-state index is 13.1. The molecule has 2 atom stereocenters. The Kier molecular flexibility index (Phi) is 5.66. The summed E-state index contributed by atoms with van der Waals surface area (Å²) in [5.74, 6) is 0.714. The van der Waals surface area contributed by atoms with Crippen molar-refractivity contribution in [3.8, 4) is 0 Å². The van der Waals surface area contributed by atoms with E-state index in [-0.39, 0.29) is 21.9 Å². The first kappa shape index (κ1) is 19.6. The second kappa shape index (κ2) is 7.49. The highest BCUT2D eigenvalue weighted by molar-refractivity contribution is 7.89. The summed E-state index contributed by atoms with van der Waals surface area (Å²) in [6.07, 6.45) is 4.17. The van der Waals surface area contributed by atoms with Crippen LogP contribution in [-0.2, 0) is 10.0 Å². The smallest absolute Gasteiger partial charge is 0.253 e. The van der Waals surface area contributed by atoms with Gasteiger partial charge in [-0.05, 0) is 62.6 Å². The standard InChI is InChI=1S/C19H27ClN2O3S/c1-13-5-4-10-22(12-13)26(24,25)18-11-16(8-9-17(18)20)19(23)21(3)14(2)15-6-7-15/h8-9,11,13-15H,4-7,10,12H2,1-3H3. The van der Waals surface area contributed by atoms with Gasteiger partial charge in [0, 0.05) is 31.7 Å². The Labute approximate surface area is 161 Å². The summed E-state index contributed by atoms with van der Waals surface area (Å²) in [5.41, 5.74) is 0.369. The van der Waals surface area contributed by atoms with E-state index in [1.165, 1.54) is 16.4 Å². The zero-order valence-corrected chi connectivity index (χ0v) is 17.2. The molecule has 1 aliphatic heterocycles. The maximum atomic E-state index is 13.1. The molecule has 1 saturated carbocycles. The molecule has 1 aromatic carbocycles. The van der Waals surface area contributed by atoms with Crippen LogP contribution in [0.4, 0.5) is 0 Å². The fourth-order valence-electron chi connectivity index (χ4n) is 3.62. The van der Waals surface area contributed by atoms with Gasteiger partial charge < -0.3 is 4.90 Å². The summed E-state index contributed by atoms with van der Waals surface area (Å²) in [5, 5.41) is 0.165. The number of carbonyl (C=O) groups is 1. The van der Waals surface area contributed by atoms with Gasteiger partial charge in [0.2, 0.25) is 10.0 Å². The van der Waals surface area contributed by atoms with Crippen molar-refractivity contribution in [2.75, 3.05) is 20.1 Å². The monoisotopic (exact) mass is 398 g/mol. The Morgan fingerprint density at radius 1 is 1.31 bits per heavy atom. The Morgan fingerprint density at radius 2 is 2.00 bits per heavy atom. The molecule has 3 rings (SSSR count). The van der Waals surface area contributed by atoms with Crippen molar-refractivity contribution in [1.29, 1.82) is 0 Å². The third kappa shape index (κ3) is 3.92. The van der Waals surface area contributed by atoms with Crippen molar-refractivity contribution < 1.29 is 13.2 Å². The van der Waals surface area contributed by atoms with Crippen molar-refractivity contribution >= 4 is 27.5 Å². The number of piperidine rings is 1. The molecule has 2 aliphatic rings. The third-order valence-corrected chi connectivity index (χ3v) is 8.00. The van der Waals surface area contributed by atoms with E-state index in [4.69, 9.17) is 11.6 Å². The second-order valence-electron chi connectivity index (χ2n) is 7.75. The molecule has 1 aromatic rings. The van der Waals surface area contributed by atoms with Gasteiger partial charge in [-0.25, -0.2) is 8.42 Å². The first-order valence-electron chi connectivity index (χ1n) is 9.28. The highest BCUT2D eigenvalue weighted by atomic mass is 35.5. The summed E-state index contributed by atoms with van der Waals surface area (Å²) in [4.78, 5) is 14.6. The number of rotatable bonds is 5. The van der Waals surface area contributed by atoms with E-state index in [0.717, 1.165) is 25.7 Å². The first-order chi connectivity index (χ1) is 12.2. The average molecular weight is 399 g/mol. The van der Waals surface area contributed by atoms with Crippen molar-refractivity contribution in [3.63, 3.8) is 0 Å². The fourth-order valence-corrected chi connectivity index (χ4v) is 5.72. The lowest BCUT2D eigenvalue weighted by molar-refractivity contribution is 0.0727. The minimum atomic E-state index is -3.70. The number of carbonyl (C=O) groups excluding carboxylic acids is 1. The predicted molar refractivity (Wildman–Crippen MR) is 103 cm³/mol. The Balaban J connectivity index is 1.88. The molecule has 144 valence electrons. The summed E-state index contributed by atoms with van der Waals surface area (Å²) in [6, 6.07) is 4.72. The summed E-state index contributed by atoms with van der Waals surface area (Å²) in [6.45, 7) is 5.09. The number of halogens is 1. The van der Waals surface area contributed by atoms with Gasteiger partial charge in [0.15, 0.2) is 0 Å². The van der Waals surface area contributed by atoms with Crippen LogP contribution in [0.2, 0.25) is 5.02 Å². The van der Waals surface area contributed by atoms with Gasteiger partial charge in [-0.3, -0.25) is 4.79 Å². The number of nitrogens with zero attached hydrogens (tertiary/aromatic N) is 2. The minimum absolute atomic E-state index is 0.0339. The third-order valence-electron chi connectivity index (χ3n) is 5.65. The molecule has 1 aliphatic carbocycles. The first-order valence-corrected chi connectivity index (χ1v) is 11.1. The van der Waals surface area contributed by atoms with Gasteiger partial charge in [0.05, 0.1) is 5.02 Å². The molecule has 5 nitrogen and oxygen atoms in total. The van der Waals surface area contributed by atoms with E-state index in [0.29, 0.717) is 30.5 Å². The number of hydrogen-bond acceptors (Lipinski definition) is 3. The molecule has 26 heavy (non-hydrogen) atoms. The summed E-state index contributed by atoms with van der Waals surface area (Å²) < 4.78 is 27.6. The molecule has 7 heteroatoms. The van der Waals surface area contributed by atoms with Gasteiger partial charge in [0.25, 0.3) is 5.91 Å². The number of benzene rings is 1. The van der Waals surface area contributed by atoms with Crippen LogP contribution in [0.25, 0.3) is 0 Å². The SMILES string of the molecule is CC1CCCN(S(=O)(=O)c2cc(C(=O)N(C)C(C)C3CC3)ccc2Cl)C1. The second-order valence-corrected chi connectivity index (χ2v) is 10.1. The molecular formula is C19H27ClN2O3S. The van der Waals surface area contributed by atoms with E-state index < -0.39 is 10.0 Å². The molecular weight excluding hydrogens is 372 g/mol. The molecule has 1 amide bonds. The molecule has 0 N–H and O–H groups in total. The molecule has 0 radical (unpaired) electrons. The highest BCUT2D eigenvalue weighted by Gasteiger charge is 2.34. The van der Waals surface area contributed by atoms with Gasteiger partial charge in [-0.1, -0.05) is 18.5 Å². The van der Waals surface area contributed by atoms with E-state index in [1.807, 2.05) is 6.92 Å². The van der Waals surface area contributed by atoms with Gasteiger partial charge >= 0.3 is 0 Å². The number of sulfonamides is 1. The van der Waals surface area contributed by atoms with E-state index in [2.05, 4.69) is 6.92 Å². The summed E-state index contributed by atoms with van der Waals surface area (Å²) in [7, 11) is -1.92. The van der Waals surface area contributed by atoms with Gasteiger partial charge in [0.1, 0.15) is 4.90 Å². The Bertz CT molecular complexity index is 792.